The van der Waals surface area contributed by atoms with Gasteiger partial charge in [-0.25, -0.2) is 0 Å². The van der Waals surface area contributed by atoms with Crippen LogP contribution in [0, 0.1) is 6.92 Å². The first-order valence-electron chi connectivity index (χ1n) is 6.85. The lowest BCUT2D eigenvalue weighted by molar-refractivity contribution is 0.634. The highest BCUT2D eigenvalue weighted by molar-refractivity contribution is 9.10. The summed E-state index contributed by atoms with van der Waals surface area (Å²) in [5.74, 6) is 0. The third-order valence-electron chi connectivity index (χ3n) is 3.41. The topological polar surface area (TPSA) is 26.0 Å². The van der Waals surface area contributed by atoms with Gasteiger partial charge in [0.2, 0.25) is 0 Å². The van der Waals surface area contributed by atoms with Gasteiger partial charge in [-0.1, -0.05) is 53.2 Å². The third kappa shape index (κ3) is 3.87. The van der Waals surface area contributed by atoms with Crippen LogP contribution in [0.15, 0.2) is 57.9 Å². The van der Waals surface area contributed by atoms with Gasteiger partial charge in [-0.15, -0.1) is 11.8 Å². The second kappa shape index (κ2) is 7.30. The normalized spacial score (nSPS) is 14.0. The molecule has 20 heavy (non-hydrogen) atoms. The molecule has 0 spiro atoms. The lowest BCUT2D eigenvalue weighted by atomic mass is 10.0. The molecule has 0 heterocycles. The maximum absolute atomic E-state index is 6.35. The van der Waals surface area contributed by atoms with Crippen LogP contribution in [0.1, 0.15) is 29.7 Å². The van der Waals surface area contributed by atoms with E-state index >= 15 is 0 Å². The van der Waals surface area contributed by atoms with E-state index in [-0.39, 0.29) is 11.3 Å². The van der Waals surface area contributed by atoms with Gasteiger partial charge >= 0.3 is 0 Å². The van der Waals surface area contributed by atoms with Gasteiger partial charge in [0.1, 0.15) is 0 Å². The van der Waals surface area contributed by atoms with Gasteiger partial charge in [0.05, 0.1) is 0 Å². The fourth-order valence-corrected chi connectivity index (χ4v) is 3.70. The van der Waals surface area contributed by atoms with Crippen LogP contribution in [-0.2, 0) is 0 Å². The maximum Gasteiger partial charge on any atom is 0.0495 e. The van der Waals surface area contributed by atoms with Gasteiger partial charge in [-0.3, -0.25) is 0 Å². The first-order chi connectivity index (χ1) is 9.61. The quantitative estimate of drug-likeness (QED) is 0.738. The zero-order chi connectivity index (χ0) is 14.5. The van der Waals surface area contributed by atoms with Gasteiger partial charge in [0, 0.05) is 20.7 Å². The third-order valence-corrected chi connectivity index (χ3v) is 5.52. The minimum absolute atomic E-state index is 0.154. The molecule has 2 N–H and O–H groups in total. The molecule has 2 aromatic rings. The van der Waals surface area contributed by atoms with Crippen LogP contribution >= 0.6 is 27.7 Å². The van der Waals surface area contributed by atoms with E-state index in [0.29, 0.717) is 0 Å². The molecule has 0 saturated carbocycles. The highest BCUT2D eigenvalue weighted by Crippen LogP contribution is 2.39. The minimum Gasteiger partial charge on any atom is -0.326 e. The Morgan fingerprint density at radius 2 is 1.75 bits per heavy atom. The van der Waals surface area contributed by atoms with Crippen molar-refractivity contribution in [2.24, 2.45) is 5.73 Å². The fraction of sp³-hybridized carbons (Fsp3) is 0.294. The smallest absolute Gasteiger partial charge is 0.0495 e. The molecule has 0 bridgehead atoms. The first kappa shape index (κ1) is 15.6. The van der Waals surface area contributed by atoms with Crippen LogP contribution in [0.5, 0.6) is 0 Å². The Morgan fingerprint density at radius 1 is 1.10 bits per heavy atom. The lowest BCUT2D eigenvalue weighted by Gasteiger charge is -2.23. The van der Waals surface area contributed by atoms with E-state index in [9.17, 15) is 0 Å². The predicted molar refractivity (Wildman–Crippen MR) is 92.2 cm³/mol. The molecule has 0 saturated heterocycles. The standard InChI is InChI=1S/C17H20BrNS/c1-3-15(19)17(13-8-10-14(18)11-9-13)20-16-7-5-4-6-12(16)2/h4-11,15,17H,3,19H2,1-2H3. The number of halogens is 1. The molecule has 2 rings (SSSR count). The fourth-order valence-electron chi connectivity index (χ4n) is 2.09. The van der Waals surface area contributed by atoms with Crippen LogP contribution < -0.4 is 5.73 Å². The number of benzene rings is 2. The summed E-state index contributed by atoms with van der Waals surface area (Å²) in [4.78, 5) is 1.31. The molecule has 2 aromatic carbocycles. The van der Waals surface area contributed by atoms with E-state index in [0.717, 1.165) is 10.9 Å². The first-order valence-corrected chi connectivity index (χ1v) is 8.52. The zero-order valence-corrected chi connectivity index (χ0v) is 14.2. The molecule has 1 nitrogen and oxygen atoms in total. The summed E-state index contributed by atoms with van der Waals surface area (Å²) in [5, 5.41) is 0.286. The summed E-state index contributed by atoms with van der Waals surface area (Å²) in [7, 11) is 0. The van der Waals surface area contributed by atoms with Crippen molar-refractivity contribution < 1.29 is 0 Å². The molecule has 0 radical (unpaired) electrons. The van der Waals surface area contributed by atoms with E-state index in [2.05, 4.69) is 78.3 Å². The van der Waals surface area contributed by atoms with Crippen molar-refractivity contribution in [3.63, 3.8) is 0 Å². The molecule has 0 aliphatic carbocycles. The highest BCUT2D eigenvalue weighted by atomic mass is 79.9. The molecule has 2 unspecified atom stereocenters. The van der Waals surface area contributed by atoms with E-state index in [4.69, 9.17) is 5.73 Å². The molecule has 2 atom stereocenters. The van der Waals surface area contributed by atoms with Crippen molar-refractivity contribution in [3.05, 3.63) is 64.1 Å². The number of hydrogen-bond acceptors (Lipinski definition) is 2. The Kier molecular flexibility index (Phi) is 5.70. The van der Waals surface area contributed by atoms with Crippen molar-refractivity contribution in [1.82, 2.24) is 0 Å². The molecule has 0 amide bonds. The minimum atomic E-state index is 0.154. The van der Waals surface area contributed by atoms with Crippen molar-refractivity contribution in [2.45, 2.75) is 36.5 Å². The van der Waals surface area contributed by atoms with E-state index in [1.165, 1.54) is 16.0 Å². The van der Waals surface area contributed by atoms with E-state index in [1.807, 2.05) is 11.8 Å². The summed E-state index contributed by atoms with van der Waals surface area (Å²) in [5.41, 5.74) is 8.95. The molecule has 0 aromatic heterocycles. The van der Waals surface area contributed by atoms with Crippen LogP contribution in [0.25, 0.3) is 0 Å². The number of hydrogen-bond donors (Lipinski definition) is 1. The van der Waals surface area contributed by atoms with Crippen molar-refractivity contribution in [1.29, 1.82) is 0 Å². The average Bonchev–Trinajstić information content (AvgIpc) is 2.47. The zero-order valence-electron chi connectivity index (χ0n) is 11.8. The van der Waals surface area contributed by atoms with Gasteiger partial charge in [0.15, 0.2) is 0 Å². The van der Waals surface area contributed by atoms with Crippen LogP contribution in [0.4, 0.5) is 0 Å². The molecule has 3 heteroatoms. The van der Waals surface area contributed by atoms with Crippen molar-refractivity contribution >= 4 is 27.7 Å². The van der Waals surface area contributed by atoms with Gasteiger partial charge in [-0.2, -0.15) is 0 Å². The van der Waals surface area contributed by atoms with Gasteiger partial charge in [-0.05, 0) is 42.7 Å². The maximum atomic E-state index is 6.35. The number of rotatable bonds is 5. The summed E-state index contributed by atoms with van der Waals surface area (Å²) < 4.78 is 1.10. The Labute approximate surface area is 134 Å². The van der Waals surface area contributed by atoms with E-state index in [1.54, 1.807) is 0 Å². The summed E-state index contributed by atoms with van der Waals surface area (Å²) >= 11 is 5.36. The Bertz CT molecular complexity index is 553. The number of nitrogens with two attached hydrogens (primary N) is 1. The molecule has 0 aliphatic heterocycles. The lowest BCUT2D eigenvalue weighted by Crippen LogP contribution is -2.25. The summed E-state index contributed by atoms with van der Waals surface area (Å²) in [6.07, 6.45) is 0.972. The largest absolute Gasteiger partial charge is 0.326 e. The second-order valence-corrected chi connectivity index (χ2v) is 7.03. The van der Waals surface area contributed by atoms with Gasteiger partial charge in [0.25, 0.3) is 0 Å². The Morgan fingerprint density at radius 3 is 2.35 bits per heavy atom. The van der Waals surface area contributed by atoms with Crippen LogP contribution in [0.2, 0.25) is 0 Å². The SMILES string of the molecule is CCC(N)C(Sc1ccccc1C)c1ccc(Br)cc1. The van der Waals surface area contributed by atoms with Crippen molar-refractivity contribution in [2.75, 3.05) is 0 Å². The van der Waals surface area contributed by atoms with Gasteiger partial charge < -0.3 is 5.73 Å². The number of aryl methyl sites for hydroxylation is 1. The molecular weight excluding hydrogens is 330 g/mol. The molecule has 0 fully saturated rings. The van der Waals surface area contributed by atoms with Crippen LogP contribution in [-0.4, -0.2) is 6.04 Å². The Balaban J connectivity index is 2.29. The highest BCUT2D eigenvalue weighted by Gasteiger charge is 2.20. The van der Waals surface area contributed by atoms with E-state index < -0.39 is 0 Å². The van der Waals surface area contributed by atoms with Crippen molar-refractivity contribution in [3.8, 4) is 0 Å². The molecular formula is C17H20BrNS. The predicted octanol–water partition coefficient (Wildman–Crippen LogP) is 5.33. The molecule has 0 aliphatic rings. The average molecular weight is 350 g/mol. The summed E-state index contributed by atoms with van der Waals surface area (Å²) in [6, 6.07) is 17.1. The second-order valence-electron chi connectivity index (χ2n) is 4.93. The Hall–Kier alpha value is -0.770. The monoisotopic (exact) mass is 349 g/mol. The van der Waals surface area contributed by atoms with Crippen LogP contribution in [0.3, 0.4) is 0 Å². The summed E-state index contributed by atoms with van der Waals surface area (Å²) in [6.45, 7) is 4.30. The molecule has 106 valence electrons. The number of thioether (sulfide) groups is 1.